The lowest BCUT2D eigenvalue weighted by Crippen LogP contribution is -2.12. The second-order valence-electron chi connectivity index (χ2n) is 6.33. The van der Waals surface area contributed by atoms with Gasteiger partial charge < -0.3 is 4.74 Å². The molecule has 0 bridgehead atoms. The predicted octanol–water partition coefficient (Wildman–Crippen LogP) is 4.58. The number of aromatic nitrogens is 2. The molecule has 6 heteroatoms. The van der Waals surface area contributed by atoms with Crippen molar-refractivity contribution in [1.82, 2.24) is 10.2 Å². The number of nitrogens with one attached hydrogen (secondary N) is 1. The molecular weight excluding hydrogens is 453 g/mol. The van der Waals surface area contributed by atoms with Crippen molar-refractivity contribution in [2.75, 3.05) is 0 Å². The Morgan fingerprint density at radius 3 is 2.52 bits per heavy atom. The Morgan fingerprint density at radius 2 is 1.81 bits per heavy atom. The molecule has 0 aliphatic rings. The van der Waals surface area contributed by atoms with Crippen LogP contribution in [-0.4, -0.2) is 10.2 Å². The molecule has 0 saturated carbocycles. The first-order chi connectivity index (χ1) is 13.0. The Hall–Kier alpha value is -2.66. The van der Waals surface area contributed by atoms with Crippen LogP contribution in [-0.2, 0) is 10.8 Å². The molecule has 0 aliphatic heterocycles. The van der Waals surface area contributed by atoms with Crippen LogP contribution in [0.2, 0.25) is 0 Å². The average Bonchev–Trinajstić information content (AvgIpc) is 2.67. The smallest absolute Gasteiger partial charge is 0.267 e. The van der Waals surface area contributed by atoms with Crippen molar-refractivity contribution in [3.05, 3.63) is 86.3 Å². The summed E-state index contributed by atoms with van der Waals surface area (Å²) in [6.07, 6.45) is 0.577. The van der Waals surface area contributed by atoms with Crippen LogP contribution < -0.4 is 10.3 Å². The molecule has 0 aliphatic carbocycles. The molecule has 1 N–H and O–H groups in total. The van der Waals surface area contributed by atoms with E-state index in [9.17, 15) is 10.1 Å². The zero-order valence-electron chi connectivity index (χ0n) is 15.0. The molecule has 0 spiro atoms. The van der Waals surface area contributed by atoms with Crippen LogP contribution in [0.1, 0.15) is 33.5 Å². The number of halogens is 1. The van der Waals surface area contributed by atoms with E-state index in [0.717, 1.165) is 26.8 Å². The molecule has 0 atom stereocenters. The number of nitriles is 1. The molecule has 0 unspecified atom stereocenters. The van der Waals surface area contributed by atoms with Gasteiger partial charge in [-0.15, -0.1) is 0 Å². The molecule has 0 saturated heterocycles. The Labute approximate surface area is 171 Å². The molecule has 3 aromatic rings. The number of aromatic amines is 1. The summed E-state index contributed by atoms with van der Waals surface area (Å²) < 4.78 is 6.93. The van der Waals surface area contributed by atoms with E-state index in [1.54, 1.807) is 19.1 Å². The van der Waals surface area contributed by atoms with E-state index in [-0.39, 0.29) is 5.56 Å². The van der Waals surface area contributed by atoms with E-state index in [4.69, 9.17) is 4.74 Å². The molecule has 27 heavy (non-hydrogen) atoms. The number of nitrogens with zero attached hydrogens (tertiary/aromatic N) is 2. The number of alkyl halides is 1. The summed E-state index contributed by atoms with van der Waals surface area (Å²) in [5, 5.41) is 16.0. The predicted molar refractivity (Wildman–Crippen MR) is 113 cm³/mol. The third-order valence-electron chi connectivity index (χ3n) is 4.22. The molecule has 0 amide bonds. The molecule has 2 aromatic carbocycles. The largest absolute Gasteiger partial charge is 0.456 e. The van der Waals surface area contributed by atoms with E-state index >= 15 is 0 Å². The van der Waals surface area contributed by atoms with Gasteiger partial charge in [-0.05, 0) is 54.8 Å². The minimum atomic E-state index is -0.175. The lowest BCUT2D eigenvalue weighted by atomic mass is 10.1. The number of rotatable bonds is 5. The number of benzene rings is 2. The number of hydrogen-bond donors (Lipinski definition) is 1. The van der Waals surface area contributed by atoms with Crippen LogP contribution >= 0.6 is 22.6 Å². The summed E-state index contributed by atoms with van der Waals surface area (Å²) in [4.78, 5) is 11.5. The summed E-state index contributed by atoms with van der Waals surface area (Å²) in [5.41, 5.74) is 4.85. The van der Waals surface area contributed by atoms with Crippen LogP contribution in [0.25, 0.3) is 0 Å². The van der Waals surface area contributed by atoms with Crippen molar-refractivity contribution >= 4 is 22.6 Å². The van der Waals surface area contributed by atoms with Crippen LogP contribution in [0.3, 0.4) is 0 Å². The van der Waals surface area contributed by atoms with Crippen LogP contribution in [0.15, 0.2) is 47.3 Å². The molecule has 0 radical (unpaired) electrons. The van der Waals surface area contributed by atoms with E-state index in [1.165, 1.54) is 0 Å². The Bertz CT molecular complexity index is 1080. The van der Waals surface area contributed by atoms with Gasteiger partial charge in [0.2, 0.25) is 0 Å². The maximum Gasteiger partial charge on any atom is 0.267 e. The first-order valence-corrected chi connectivity index (χ1v) is 9.94. The maximum atomic E-state index is 11.5. The molecular formula is C21H18IN3O2. The minimum Gasteiger partial charge on any atom is -0.456 e. The van der Waals surface area contributed by atoms with Crippen molar-refractivity contribution < 1.29 is 4.74 Å². The number of ether oxygens (including phenoxy) is 1. The van der Waals surface area contributed by atoms with Gasteiger partial charge in [-0.2, -0.15) is 10.4 Å². The standard InChI is InChI=1S/C21H18IN3O2/c1-13-3-4-15(8-18-7-14(2)21(26)25-24-18)9-19(13)27-20-10-16(11-22)5-6-17(20)12-23/h3-7,9-10H,8,11H2,1-2H3,(H,25,26). The van der Waals surface area contributed by atoms with Crippen molar-refractivity contribution in [2.45, 2.75) is 24.7 Å². The van der Waals surface area contributed by atoms with Crippen molar-refractivity contribution in [2.24, 2.45) is 0 Å². The van der Waals surface area contributed by atoms with Gasteiger partial charge >= 0.3 is 0 Å². The fraction of sp³-hybridized carbons (Fsp3) is 0.190. The lowest BCUT2D eigenvalue weighted by Gasteiger charge is -2.13. The lowest BCUT2D eigenvalue weighted by molar-refractivity contribution is 0.476. The topological polar surface area (TPSA) is 78.8 Å². The summed E-state index contributed by atoms with van der Waals surface area (Å²) in [6.45, 7) is 3.73. The molecule has 1 aromatic heterocycles. The van der Waals surface area contributed by atoms with Gasteiger partial charge in [0.05, 0.1) is 11.3 Å². The van der Waals surface area contributed by atoms with Gasteiger partial charge in [0.15, 0.2) is 0 Å². The number of hydrogen-bond acceptors (Lipinski definition) is 4. The second-order valence-corrected chi connectivity index (χ2v) is 7.09. The van der Waals surface area contributed by atoms with Crippen molar-refractivity contribution in [1.29, 1.82) is 5.26 Å². The van der Waals surface area contributed by atoms with Crippen LogP contribution in [0.4, 0.5) is 0 Å². The molecule has 1 heterocycles. The average molecular weight is 471 g/mol. The zero-order chi connectivity index (χ0) is 19.4. The Kier molecular flexibility index (Phi) is 5.91. The highest BCUT2D eigenvalue weighted by molar-refractivity contribution is 14.1. The van der Waals surface area contributed by atoms with Gasteiger partial charge in [0, 0.05) is 16.4 Å². The molecule has 0 fully saturated rings. The van der Waals surface area contributed by atoms with E-state index in [0.29, 0.717) is 29.0 Å². The second kappa shape index (κ2) is 8.35. The first-order valence-electron chi connectivity index (χ1n) is 8.41. The number of aryl methyl sites for hydroxylation is 2. The summed E-state index contributed by atoms with van der Waals surface area (Å²) >= 11 is 2.28. The summed E-state index contributed by atoms with van der Waals surface area (Å²) in [5.74, 6) is 1.26. The summed E-state index contributed by atoms with van der Waals surface area (Å²) in [7, 11) is 0. The van der Waals surface area contributed by atoms with Gasteiger partial charge in [0.1, 0.15) is 17.6 Å². The third-order valence-corrected chi connectivity index (χ3v) is 5.10. The maximum absolute atomic E-state index is 11.5. The Balaban J connectivity index is 1.91. The monoisotopic (exact) mass is 471 g/mol. The van der Waals surface area contributed by atoms with E-state index in [1.807, 2.05) is 37.3 Å². The Morgan fingerprint density at radius 1 is 1.07 bits per heavy atom. The first kappa shape index (κ1) is 19.1. The summed E-state index contributed by atoms with van der Waals surface area (Å²) in [6, 6.07) is 15.5. The highest BCUT2D eigenvalue weighted by atomic mass is 127. The van der Waals surface area contributed by atoms with Gasteiger partial charge in [0.25, 0.3) is 5.56 Å². The highest BCUT2D eigenvalue weighted by Crippen LogP contribution is 2.30. The quantitative estimate of drug-likeness (QED) is 0.437. The third kappa shape index (κ3) is 4.55. The molecule has 5 nitrogen and oxygen atoms in total. The van der Waals surface area contributed by atoms with Gasteiger partial charge in [-0.25, -0.2) is 5.10 Å². The van der Waals surface area contributed by atoms with E-state index < -0.39 is 0 Å². The van der Waals surface area contributed by atoms with E-state index in [2.05, 4.69) is 38.9 Å². The molecule has 136 valence electrons. The van der Waals surface area contributed by atoms with Crippen LogP contribution in [0.5, 0.6) is 11.5 Å². The molecule has 3 rings (SSSR count). The minimum absolute atomic E-state index is 0.175. The van der Waals surface area contributed by atoms with Crippen molar-refractivity contribution in [3.63, 3.8) is 0 Å². The van der Waals surface area contributed by atoms with Gasteiger partial charge in [-0.1, -0.05) is 40.8 Å². The highest BCUT2D eigenvalue weighted by Gasteiger charge is 2.10. The van der Waals surface area contributed by atoms with Gasteiger partial charge in [-0.3, -0.25) is 4.79 Å². The SMILES string of the molecule is Cc1ccc(Cc2cc(C)c(=O)[nH]n2)cc1Oc1cc(CI)ccc1C#N. The number of H-pyrrole nitrogens is 1. The fourth-order valence-electron chi connectivity index (χ4n) is 2.67. The van der Waals surface area contributed by atoms with Crippen LogP contribution in [0, 0.1) is 25.2 Å². The van der Waals surface area contributed by atoms with Crippen molar-refractivity contribution in [3.8, 4) is 17.6 Å². The zero-order valence-corrected chi connectivity index (χ0v) is 17.2. The normalized spacial score (nSPS) is 10.4. The fourth-order valence-corrected chi connectivity index (χ4v) is 3.14.